The highest BCUT2D eigenvalue weighted by Crippen LogP contribution is 2.17. The SMILES string of the molecule is CN(C)CCOc1cccc(NC(=O)NCc2cccc(NC(=O)NCc3ccncc3)c2)c1. The van der Waals surface area contributed by atoms with E-state index in [0.717, 1.165) is 17.7 Å². The summed E-state index contributed by atoms with van der Waals surface area (Å²) in [7, 11) is 3.96. The maximum absolute atomic E-state index is 12.3. The molecule has 0 spiro atoms. The number of amides is 4. The highest BCUT2D eigenvalue weighted by Gasteiger charge is 2.06. The van der Waals surface area contributed by atoms with Gasteiger partial charge in [0.2, 0.25) is 0 Å². The van der Waals surface area contributed by atoms with E-state index >= 15 is 0 Å². The van der Waals surface area contributed by atoms with Crippen LogP contribution in [0.25, 0.3) is 0 Å². The van der Waals surface area contributed by atoms with Crippen molar-refractivity contribution in [2.75, 3.05) is 37.9 Å². The zero-order valence-electron chi connectivity index (χ0n) is 19.4. The van der Waals surface area contributed by atoms with Crippen LogP contribution in [-0.2, 0) is 13.1 Å². The molecule has 0 atom stereocenters. The van der Waals surface area contributed by atoms with E-state index in [1.54, 1.807) is 30.6 Å². The van der Waals surface area contributed by atoms with E-state index < -0.39 is 0 Å². The first-order valence-corrected chi connectivity index (χ1v) is 10.9. The first kappa shape index (κ1) is 24.5. The number of aromatic nitrogens is 1. The summed E-state index contributed by atoms with van der Waals surface area (Å²) in [6.45, 7) is 2.07. The molecule has 0 saturated carbocycles. The molecule has 4 amide bonds. The highest BCUT2D eigenvalue weighted by atomic mass is 16.5. The molecule has 1 aromatic heterocycles. The quantitative estimate of drug-likeness (QED) is 0.368. The molecule has 0 saturated heterocycles. The summed E-state index contributed by atoms with van der Waals surface area (Å²) in [5.74, 6) is 0.695. The summed E-state index contributed by atoms with van der Waals surface area (Å²) in [6.07, 6.45) is 3.36. The van der Waals surface area contributed by atoms with E-state index in [0.29, 0.717) is 36.8 Å². The lowest BCUT2D eigenvalue weighted by molar-refractivity contribution is 0.250. The molecule has 0 aliphatic rings. The fraction of sp³-hybridized carbons (Fsp3) is 0.240. The fourth-order valence-corrected chi connectivity index (χ4v) is 2.98. The largest absolute Gasteiger partial charge is 0.492 e. The standard InChI is InChI=1S/C25H30N6O3/c1-31(2)13-14-34-23-8-4-7-22(16-23)30-25(33)28-18-20-5-3-6-21(15-20)29-24(32)27-17-19-9-11-26-12-10-19/h3-12,15-16H,13-14,17-18H2,1-2H3,(H2,27,29,32)(H2,28,30,33). The van der Waals surface area contributed by atoms with Gasteiger partial charge in [-0.05, 0) is 61.6 Å². The monoisotopic (exact) mass is 462 g/mol. The van der Waals surface area contributed by atoms with Crippen LogP contribution in [0, 0.1) is 0 Å². The Morgan fingerprint density at radius 1 is 0.824 bits per heavy atom. The Morgan fingerprint density at radius 3 is 2.12 bits per heavy atom. The molecule has 3 rings (SSSR count). The van der Waals surface area contributed by atoms with E-state index in [-0.39, 0.29) is 12.1 Å². The van der Waals surface area contributed by atoms with E-state index in [9.17, 15) is 9.59 Å². The van der Waals surface area contributed by atoms with Crippen molar-refractivity contribution < 1.29 is 14.3 Å². The average Bonchev–Trinajstić information content (AvgIpc) is 2.82. The van der Waals surface area contributed by atoms with Crippen LogP contribution in [0.2, 0.25) is 0 Å². The van der Waals surface area contributed by atoms with Crippen molar-refractivity contribution in [2.24, 2.45) is 0 Å². The molecule has 9 heteroatoms. The van der Waals surface area contributed by atoms with Crippen molar-refractivity contribution in [3.63, 3.8) is 0 Å². The van der Waals surface area contributed by atoms with Gasteiger partial charge in [0.1, 0.15) is 12.4 Å². The predicted octanol–water partition coefficient (Wildman–Crippen LogP) is 3.67. The van der Waals surface area contributed by atoms with Crippen molar-refractivity contribution in [1.29, 1.82) is 0 Å². The summed E-state index contributed by atoms with van der Waals surface area (Å²) in [5, 5.41) is 11.2. The number of likely N-dealkylation sites (N-methyl/N-ethyl adjacent to an activating group) is 1. The molecule has 0 fully saturated rings. The van der Waals surface area contributed by atoms with Gasteiger partial charge in [-0.25, -0.2) is 9.59 Å². The van der Waals surface area contributed by atoms with Crippen LogP contribution in [0.4, 0.5) is 21.0 Å². The van der Waals surface area contributed by atoms with Gasteiger partial charge in [-0.2, -0.15) is 0 Å². The summed E-state index contributed by atoms with van der Waals surface area (Å²) in [6, 6.07) is 17.6. The van der Waals surface area contributed by atoms with E-state index in [2.05, 4.69) is 26.3 Å². The Morgan fingerprint density at radius 2 is 1.44 bits per heavy atom. The number of urea groups is 2. The van der Waals surface area contributed by atoms with Crippen LogP contribution >= 0.6 is 0 Å². The Kier molecular flexibility index (Phi) is 9.24. The van der Waals surface area contributed by atoms with Gasteiger partial charge in [0, 0.05) is 49.5 Å². The van der Waals surface area contributed by atoms with Crippen LogP contribution in [0.1, 0.15) is 11.1 Å². The molecule has 4 N–H and O–H groups in total. The minimum Gasteiger partial charge on any atom is -0.492 e. The third-order valence-corrected chi connectivity index (χ3v) is 4.74. The lowest BCUT2D eigenvalue weighted by Crippen LogP contribution is -2.29. The smallest absolute Gasteiger partial charge is 0.319 e. The van der Waals surface area contributed by atoms with E-state index in [1.165, 1.54) is 0 Å². The molecule has 3 aromatic rings. The van der Waals surface area contributed by atoms with Crippen LogP contribution in [0.5, 0.6) is 5.75 Å². The van der Waals surface area contributed by atoms with Gasteiger partial charge in [-0.1, -0.05) is 18.2 Å². The lowest BCUT2D eigenvalue weighted by Gasteiger charge is -2.13. The molecule has 34 heavy (non-hydrogen) atoms. The molecule has 0 unspecified atom stereocenters. The number of ether oxygens (including phenoxy) is 1. The third-order valence-electron chi connectivity index (χ3n) is 4.74. The fourth-order valence-electron chi connectivity index (χ4n) is 2.98. The number of nitrogens with one attached hydrogen (secondary N) is 4. The van der Waals surface area contributed by atoms with Gasteiger partial charge in [0.15, 0.2) is 0 Å². The second kappa shape index (κ2) is 12.8. The minimum absolute atomic E-state index is 0.305. The van der Waals surface area contributed by atoms with Gasteiger partial charge < -0.3 is 30.9 Å². The maximum Gasteiger partial charge on any atom is 0.319 e. The molecule has 1 heterocycles. The highest BCUT2D eigenvalue weighted by molar-refractivity contribution is 5.90. The molecule has 178 valence electrons. The van der Waals surface area contributed by atoms with Gasteiger partial charge in [0.25, 0.3) is 0 Å². The third kappa shape index (κ3) is 8.79. The summed E-state index contributed by atoms with van der Waals surface area (Å²) >= 11 is 0. The summed E-state index contributed by atoms with van der Waals surface area (Å²) in [4.78, 5) is 30.5. The second-order valence-corrected chi connectivity index (χ2v) is 7.85. The number of hydrogen-bond donors (Lipinski definition) is 4. The number of rotatable bonds is 10. The Bertz CT molecular complexity index is 1080. The number of anilines is 2. The number of carbonyl (C=O) groups is 2. The summed E-state index contributed by atoms with van der Waals surface area (Å²) in [5.41, 5.74) is 3.08. The first-order valence-electron chi connectivity index (χ1n) is 10.9. The van der Waals surface area contributed by atoms with Crippen molar-refractivity contribution in [3.05, 3.63) is 84.2 Å². The molecule has 0 aliphatic heterocycles. The minimum atomic E-state index is -0.334. The van der Waals surface area contributed by atoms with Gasteiger partial charge in [-0.3, -0.25) is 4.98 Å². The van der Waals surface area contributed by atoms with Gasteiger partial charge >= 0.3 is 12.1 Å². The maximum atomic E-state index is 12.3. The molecule has 0 radical (unpaired) electrons. The predicted molar refractivity (Wildman–Crippen MR) is 133 cm³/mol. The number of hydrogen-bond acceptors (Lipinski definition) is 5. The molecule has 0 aliphatic carbocycles. The number of carbonyl (C=O) groups excluding carboxylic acids is 2. The van der Waals surface area contributed by atoms with Crippen molar-refractivity contribution >= 4 is 23.4 Å². The van der Waals surface area contributed by atoms with Crippen LogP contribution in [0.3, 0.4) is 0 Å². The normalized spacial score (nSPS) is 10.4. The number of pyridine rings is 1. The molecule has 9 nitrogen and oxygen atoms in total. The number of benzene rings is 2. The molecular formula is C25H30N6O3. The Labute approximate surface area is 199 Å². The molecule has 0 bridgehead atoms. The molecular weight excluding hydrogens is 432 g/mol. The first-order chi connectivity index (χ1) is 16.5. The van der Waals surface area contributed by atoms with E-state index in [4.69, 9.17) is 4.74 Å². The van der Waals surface area contributed by atoms with Crippen molar-refractivity contribution in [1.82, 2.24) is 20.5 Å². The van der Waals surface area contributed by atoms with E-state index in [1.807, 2.05) is 61.5 Å². The van der Waals surface area contributed by atoms with Gasteiger partial charge in [0.05, 0.1) is 0 Å². The van der Waals surface area contributed by atoms with Crippen LogP contribution < -0.4 is 26.0 Å². The second-order valence-electron chi connectivity index (χ2n) is 7.85. The Balaban J connectivity index is 1.44. The number of nitrogens with zero attached hydrogens (tertiary/aromatic N) is 2. The zero-order chi connectivity index (χ0) is 24.2. The lowest BCUT2D eigenvalue weighted by atomic mass is 10.2. The van der Waals surface area contributed by atoms with Crippen molar-refractivity contribution in [2.45, 2.75) is 13.1 Å². The summed E-state index contributed by atoms with van der Waals surface area (Å²) < 4.78 is 5.70. The van der Waals surface area contributed by atoms with Gasteiger partial charge in [-0.15, -0.1) is 0 Å². The zero-order valence-corrected chi connectivity index (χ0v) is 19.4. The van der Waals surface area contributed by atoms with Crippen LogP contribution in [0.15, 0.2) is 73.1 Å². The Hall–Kier alpha value is -4.11. The topological polar surface area (TPSA) is 108 Å². The average molecular weight is 463 g/mol. The van der Waals surface area contributed by atoms with Crippen LogP contribution in [-0.4, -0.2) is 49.2 Å². The van der Waals surface area contributed by atoms with Crippen molar-refractivity contribution in [3.8, 4) is 5.75 Å². The molecule has 2 aromatic carbocycles.